The molecule has 0 atom stereocenters. The molecule has 1 fully saturated rings. The molecule has 1 aliphatic rings. The Balaban J connectivity index is 1.52. The van der Waals surface area contributed by atoms with Gasteiger partial charge in [0.25, 0.3) is 5.91 Å². The highest BCUT2D eigenvalue weighted by Gasteiger charge is 2.22. The van der Waals surface area contributed by atoms with Gasteiger partial charge in [-0.1, -0.05) is 42.5 Å². The first kappa shape index (κ1) is 20.1. The number of nitrogens with zero attached hydrogens (tertiary/aromatic N) is 4. The fourth-order valence-electron chi connectivity index (χ4n) is 3.49. The Hall–Kier alpha value is -2.66. The van der Waals surface area contributed by atoms with E-state index in [-0.39, 0.29) is 5.91 Å². The van der Waals surface area contributed by atoms with Crippen molar-refractivity contribution in [3.8, 4) is 0 Å². The van der Waals surface area contributed by atoms with Crippen LogP contribution in [0.2, 0.25) is 0 Å². The van der Waals surface area contributed by atoms with Gasteiger partial charge >= 0.3 is 0 Å². The molecule has 0 spiro atoms. The zero-order valence-electron chi connectivity index (χ0n) is 16.9. The quantitative estimate of drug-likeness (QED) is 0.740. The molecule has 1 amide bonds. The molecule has 0 radical (unpaired) electrons. The second kappa shape index (κ2) is 10.0. The molecule has 0 unspecified atom stereocenters. The number of carbonyl (C=O) groups is 1. The molecule has 2 aromatic rings. The summed E-state index contributed by atoms with van der Waals surface area (Å²) >= 11 is 0. The molecule has 5 nitrogen and oxygen atoms in total. The number of hydrogen-bond donors (Lipinski definition) is 0. The van der Waals surface area contributed by atoms with Crippen molar-refractivity contribution < 1.29 is 4.79 Å². The van der Waals surface area contributed by atoms with Crippen LogP contribution >= 0.6 is 0 Å². The van der Waals surface area contributed by atoms with E-state index in [0.29, 0.717) is 0 Å². The molecule has 1 aromatic carbocycles. The third kappa shape index (κ3) is 5.20. The third-order valence-electron chi connectivity index (χ3n) is 5.21. The van der Waals surface area contributed by atoms with Gasteiger partial charge in [-0.15, -0.1) is 0 Å². The predicted octanol–water partition coefficient (Wildman–Crippen LogP) is 3.40. The highest BCUT2D eigenvalue weighted by molar-refractivity contribution is 5.95. The highest BCUT2D eigenvalue weighted by atomic mass is 16.2. The van der Waals surface area contributed by atoms with E-state index in [1.165, 1.54) is 5.56 Å². The monoisotopic (exact) mass is 378 g/mol. The van der Waals surface area contributed by atoms with Crippen molar-refractivity contribution in [3.05, 3.63) is 65.9 Å². The fraction of sp³-hybridized carbons (Fsp3) is 0.391. The van der Waals surface area contributed by atoms with Crippen LogP contribution in [0.5, 0.6) is 0 Å². The lowest BCUT2D eigenvalue weighted by molar-refractivity contribution is 0.0650. The van der Waals surface area contributed by atoms with E-state index in [2.05, 4.69) is 65.0 Å². The lowest BCUT2D eigenvalue weighted by Gasteiger charge is -2.34. The number of aromatic nitrogens is 1. The van der Waals surface area contributed by atoms with Crippen molar-refractivity contribution in [3.63, 3.8) is 0 Å². The number of rotatable bonds is 7. The zero-order valence-corrected chi connectivity index (χ0v) is 16.9. The molecular weight excluding hydrogens is 348 g/mol. The first-order valence-electron chi connectivity index (χ1n) is 10.2. The van der Waals surface area contributed by atoms with Crippen LogP contribution in [0.3, 0.4) is 0 Å². The maximum atomic E-state index is 12.9. The maximum absolute atomic E-state index is 12.9. The van der Waals surface area contributed by atoms with Crippen molar-refractivity contribution in [2.24, 2.45) is 0 Å². The van der Waals surface area contributed by atoms with Crippen LogP contribution in [0.15, 0.2) is 54.7 Å². The third-order valence-corrected chi connectivity index (χ3v) is 5.21. The predicted molar refractivity (Wildman–Crippen MR) is 116 cm³/mol. The zero-order chi connectivity index (χ0) is 19.8. The number of piperazine rings is 1. The molecule has 5 heteroatoms. The van der Waals surface area contributed by atoms with E-state index >= 15 is 0 Å². The summed E-state index contributed by atoms with van der Waals surface area (Å²) in [5.41, 5.74) is 1.95. The standard InChI is InChI=1S/C23H30N4O/c1-3-26(4-2)22-19-21(12-13-24-22)23(28)27-17-15-25(16-18-27)14-8-11-20-9-6-5-7-10-20/h5-13,19H,3-4,14-18H2,1-2H3/b11-8+. The number of anilines is 1. The first-order valence-corrected chi connectivity index (χ1v) is 10.2. The Morgan fingerprint density at radius 1 is 1.07 bits per heavy atom. The molecule has 1 aromatic heterocycles. The summed E-state index contributed by atoms with van der Waals surface area (Å²) < 4.78 is 0. The minimum atomic E-state index is 0.107. The van der Waals surface area contributed by atoms with Crippen LogP contribution in [-0.4, -0.2) is 66.5 Å². The van der Waals surface area contributed by atoms with Crippen LogP contribution in [0.4, 0.5) is 5.82 Å². The average molecular weight is 379 g/mol. The van der Waals surface area contributed by atoms with Gasteiger partial charge in [-0.3, -0.25) is 9.69 Å². The van der Waals surface area contributed by atoms with Gasteiger partial charge in [0.1, 0.15) is 5.82 Å². The molecule has 2 heterocycles. The number of pyridine rings is 1. The van der Waals surface area contributed by atoms with E-state index < -0.39 is 0 Å². The highest BCUT2D eigenvalue weighted by Crippen LogP contribution is 2.15. The second-order valence-corrected chi connectivity index (χ2v) is 6.98. The summed E-state index contributed by atoms with van der Waals surface area (Å²) in [6.07, 6.45) is 6.10. The SMILES string of the molecule is CCN(CC)c1cc(C(=O)N2CCN(C/C=C/c3ccccc3)CC2)ccn1. The van der Waals surface area contributed by atoms with Crippen molar-refractivity contribution in [2.75, 3.05) is 50.7 Å². The van der Waals surface area contributed by atoms with Gasteiger partial charge in [-0.05, 0) is 31.5 Å². The van der Waals surface area contributed by atoms with Crippen LogP contribution in [0.1, 0.15) is 29.8 Å². The van der Waals surface area contributed by atoms with Crippen molar-refractivity contribution in [1.29, 1.82) is 0 Å². The van der Waals surface area contributed by atoms with E-state index in [1.807, 2.05) is 23.1 Å². The van der Waals surface area contributed by atoms with Gasteiger partial charge in [-0.2, -0.15) is 0 Å². The molecule has 0 N–H and O–H groups in total. The van der Waals surface area contributed by atoms with Gasteiger partial charge in [0.15, 0.2) is 0 Å². The van der Waals surface area contributed by atoms with Gasteiger partial charge in [0.05, 0.1) is 0 Å². The Kier molecular flexibility index (Phi) is 7.20. The molecule has 148 valence electrons. The first-order chi connectivity index (χ1) is 13.7. The van der Waals surface area contributed by atoms with Crippen LogP contribution in [0, 0.1) is 0 Å². The molecule has 0 aliphatic carbocycles. The van der Waals surface area contributed by atoms with E-state index in [0.717, 1.165) is 57.2 Å². The Morgan fingerprint density at radius 2 is 1.79 bits per heavy atom. The Morgan fingerprint density at radius 3 is 2.46 bits per heavy atom. The lowest BCUT2D eigenvalue weighted by Crippen LogP contribution is -2.48. The maximum Gasteiger partial charge on any atom is 0.254 e. The minimum Gasteiger partial charge on any atom is -0.357 e. The average Bonchev–Trinajstić information content (AvgIpc) is 2.76. The van der Waals surface area contributed by atoms with E-state index in [9.17, 15) is 4.79 Å². The Labute approximate surface area is 168 Å². The summed E-state index contributed by atoms with van der Waals surface area (Å²) in [6.45, 7) is 10.2. The van der Waals surface area contributed by atoms with E-state index in [1.54, 1.807) is 6.20 Å². The smallest absolute Gasteiger partial charge is 0.254 e. The summed E-state index contributed by atoms with van der Waals surface area (Å²) in [7, 11) is 0. The summed E-state index contributed by atoms with van der Waals surface area (Å²) in [6, 6.07) is 14.1. The normalized spacial score (nSPS) is 15.1. The molecule has 3 rings (SSSR count). The minimum absolute atomic E-state index is 0.107. The molecule has 28 heavy (non-hydrogen) atoms. The van der Waals surface area contributed by atoms with Crippen LogP contribution in [0.25, 0.3) is 6.08 Å². The molecule has 1 aliphatic heterocycles. The summed E-state index contributed by atoms with van der Waals surface area (Å²) in [4.78, 5) is 23.8. The van der Waals surface area contributed by atoms with Crippen molar-refractivity contribution in [2.45, 2.75) is 13.8 Å². The number of amides is 1. The second-order valence-electron chi connectivity index (χ2n) is 6.98. The van der Waals surface area contributed by atoms with Crippen LogP contribution in [-0.2, 0) is 0 Å². The van der Waals surface area contributed by atoms with Crippen LogP contribution < -0.4 is 4.90 Å². The Bertz CT molecular complexity index is 778. The molecular formula is C23H30N4O. The number of hydrogen-bond acceptors (Lipinski definition) is 4. The van der Waals surface area contributed by atoms with Gasteiger partial charge in [0.2, 0.25) is 0 Å². The summed E-state index contributed by atoms with van der Waals surface area (Å²) in [5, 5.41) is 0. The largest absolute Gasteiger partial charge is 0.357 e. The van der Waals surface area contributed by atoms with Crippen molar-refractivity contribution in [1.82, 2.24) is 14.8 Å². The molecule has 1 saturated heterocycles. The van der Waals surface area contributed by atoms with E-state index in [4.69, 9.17) is 0 Å². The molecule has 0 saturated carbocycles. The number of carbonyl (C=O) groups excluding carboxylic acids is 1. The number of benzene rings is 1. The van der Waals surface area contributed by atoms with Gasteiger partial charge < -0.3 is 9.80 Å². The fourth-order valence-corrected chi connectivity index (χ4v) is 3.49. The topological polar surface area (TPSA) is 39.7 Å². The van der Waals surface area contributed by atoms with Gasteiger partial charge in [0, 0.05) is 57.6 Å². The summed E-state index contributed by atoms with van der Waals surface area (Å²) in [5.74, 6) is 0.982. The van der Waals surface area contributed by atoms with Gasteiger partial charge in [-0.25, -0.2) is 4.98 Å². The molecule has 0 bridgehead atoms. The van der Waals surface area contributed by atoms with Crippen molar-refractivity contribution >= 4 is 17.8 Å². The lowest BCUT2D eigenvalue weighted by atomic mass is 10.2.